The van der Waals surface area contributed by atoms with Crippen LogP contribution in [0.2, 0.25) is 0 Å². The second kappa shape index (κ2) is 10.8. The van der Waals surface area contributed by atoms with Crippen LogP contribution in [0.15, 0.2) is 24.3 Å². The molecule has 1 aliphatic rings. The molecule has 25 heavy (non-hydrogen) atoms. The van der Waals surface area contributed by atoms with Crippen LogP contribution in [-0.4, -0.2) is 43.5 Å². The van der Waals surface area contributed by atoms with Crippen molar-refractivity contribution in [3.63, 3.8) is 0 Å². The Labute approximate surface area is 159 Å². The van der Waals surface area contributed by atoms with Gasteiger partial charge < -0.3 is 10.6 Å². The third-order valence-corrected chi connectivity index (χ3v) is 5.22. The fourth-order valence-electron chi connectivity index (χ4n) is 3.49. The van der Waals surface area contributed by atoms with Gasteiger partial charge >= 0.3 is 0 Å². The number of nitrogens with zero attached hydrogens (tertiary/aromatic N) is 1. The zero-order chi connectivity index (χ0) is 17.5. The Hall–Kier alpha value is -1.10. The minimum atomic E-state index is -0.0736. The van der Waals surface area contributed by atoms with E-state index >= 15 is 0 Å². The lowest BCUT2D eigenvalue weighted by Crippen LogP contribution is -2.46. The average Bonchev–Trinajstić information content (AvgIpc) is 2.60. The maximum atomic E-state index is 12.7. The van der Waals surface area contributed by atoms with E-state index in [1.807, 2.05) is 32.2 Å². The number of nitrogens with one attached hydrogen (secondary N) is 2. The summed E-state index contributed by atoms with van der Waals surface area (Å²) in [6.45, 7) is 9.48. The molecule has 0 radical (unpaired) electrons. The van der Waals surface area contributed by atoms with E-state index in [-0.39, 0.29) is 24.4 Å². The van der Waals surface area contributed by atoms with Gasteiger partial charge in [-0.3, -0.25) is 9.69 Å². The quantitative estimate of drug-likeness (QED) is 0.768. The number of anilines is 1. The SMILES string of the molecule is CNCCC1CCN(C(C)C(=O)Nc2ccccc2C(C)C)CC1.Cl. The highest BCUT2D eigenvalue weighted by molar-refractivity contribution is 5.95. The summed E-state index contributed by atoms with van der Waals surface area (Å²) in [5, 5.41) is 6.37. The summed E-state index contributed by atoms with van der Waals surface area (Å²) in [5.74, 6) is 1.31. The highest BCUT2D eigenvalue weighted by atomic mass is 35.5. The summed E-state index contributed by atoms with van der Waals surface area (Å²) in [5.41, 5.74) is 2.15. The molecule has 1 saturated heterocycles. The lowest BCUT2D eigenvalue weighted by Gasteiger charge is -2.35. The monoisotopic (exact) mass is 367 g/mol. The predicted octanol–water partition coefficient (Wildman–Crippen LogP) is 3.88. The third kappa shape index (κ3) is 6.28. The molecule has 1 fully saturated rings. The van der Waals surface area contributed by atoms with Crippen molar-refractivity contribution in [2.24, 2.45) is 5.92 Å². The first-order valence-electron chi connectivity index (χ1n) is 9.31. The van der Waals surface area contributed by atoms with Crippen molar-refractivity contribution in [2.45, 2.75) is 52.0 Å². The van der Waals surface area contributed by atoms with E-state index in [0.29, 0.717) is 5.92 Å². The van der Waals surface area contributed by atoms with E-state index < -0.39 is 0 Å². The Morgan fingerprint density at radius 1 is 1.20 bits per heavy atom. The molecule has 0 spiro atoms. The van der Waals surface area contributed by atoms with Crippen molar-refractivity contribution >= 4 is 24.0 Å². The van der Waals surface area contributed by atoms with Crippen LogP contribution in [0.3, 0.4) is 0 Å². The second-order valence-corrected chi connectivity index (χ2v) is 7.28. The van der Waals surface area contributed by atoms with Gasteiger partial charge in [-0.05, 0) is 76.3 Å². The highest BCUT2D eigenvalue weighted by Crippen LogP contribution is 2.25. The topological polar surface area (TPSA) is 44.4 Å². The molecule has 1 heterocycles. The molecule has 4 nitrogen and oxygen atoms in total. The number of hydrogen-bond acceptors (Lipinski definition) is 3. The molecule has 0 aromatic heterocycles. The zero-order valence-corrected chi connectivity index (χ0v) is 16.9. The van der Waals surface area contributed by atoms with Gasteiger partial charge in [0.1, 0.15) is 0 Å². The van der Waals surface area contributed by atoms with Gasteiger partial charge in [0.15, 0.2) is 0 Å². The van der Waals surface area contributed by atoms with Crippen LogP contribution < -0.4 is 10.6 Å². The standard InChI is InChI=1S/C20H33N3O.ClH/c1-15(2)18-7-5-6-8-19(18)22-20(24)16(3)23-13-10-17(11-14-23)9-12-21-4;/h5-8,15-17,21H,9-14H2,1-4H3,(H,22,24);1H. The average molecular weight is 368 g/mol. The molecule has 1 unspecified atom stereocenters. The van der Waals surface area contributed by atoms with Crippen LogP contribution in [0.1, 0.15) is 51.5 Å². The Balaban J connectivity index is 0.00000312. The van der Waals surface area contributed by atoms with E-state index in [0.717, 1.165) is 31.2 Å². The van der Waals surface area contributed by atoms with E-state index in [1.54, 1.807) is 0 Å². The van der Waals surface area contributed by atoms with Crippen LogP contribution in [0.4, 0.5) is 5.69 Å². The molecule has 2 rings (SSSR count). The van der Waals surface area contributed by atoms with Gasteiger partial charge in [0.2, 0.25) is 5.91 Å². The number of rotatable bonds is 7. The van der Waals surface area contributed by atoms with Crippen LogP contribution in [0, 0.1) is 5.92 Å². The summed E-state index contributed by atoms with van der Waals surface area (Å²) >= 11 is 0. The lowest BCUT2D eigenvalue weighted by atomic mass is 9.92. The van der Waals surface area contributed by atoms with Crippen LogP contribution in [0.5, 0.6) is 0 Å². The molecular formula is C20H34ClN3O. The smallest absolute Gasteiger partial charge is 0.241 e. The van der Waals surface area contributed by atoms with Crippen molar-refractivity contribution in [1.29, 1.82) is 0 Å². The van der Waals surface area contributed by atoms with Gasteiger partial charge in [-0.15, -0.1) is 12.4 Å². The molecule has 1 aliphatic heterocycles. The molecule has 0 bridgehead atoms. The summed E-state index contributed by atoms with van der Waals surface area (Å²) in [4.78, 5) is 15.0. The van der Waals surface area contributed by atoms with E-state index in [4.69, 9.17) is 0 Å². The number of halogens is 1. The van der Waals surface area contributed by atoms with Crippen molar-refractivity contribution in [3.8, 4) is 0 Å². The fourth-order valence-corrected chi connectivity index (χ4v) is 3.49. The molecule has 2 N–H and O–H groups in total. The predicted molar refractivity (Wildman–Crippen MR) is 109 cm³/mol. The molecule has 1 aromatic carbocycles. The molecule has 1 aromatic rings. The zero-order valence-electron chi connectivity index (χ0n) is 16.0. The molecular weight excluding hydrogens is 334 g/mol. The van der Waals surface area contributed by atoms with Gasteiger partial charge in [-0.25, -0.2) is 0 Å². The summed E-state index contributed by atoms with van der Waals surface area (Å²) in [6, 6.07) is 8.04. The van der Waals surface area contributed by atoms with E-state index in [9.17, 15) is 4.79 Å². The Morgan fingerprint density at radius 2 is 1.84 bits per heavy atom. The number of carbonyl (C=O) groups is 1. The molecule has 5 heteroatoms. The van der Waals surface area contributed by atoms with E-state index in [1.165, 1.54) is 24.8 Å². The van der Waals surface area contributed by atoms with Gasteiger partial charge in [-0.2, -0.15) is 0 Å². The Bertz CT molecular complexity index is 527. The number of benzene rings is 1. The first-order valence-corrected chi connectivity index (χ1v) is 9.31. The summed E-state index contributed by atoms with van der Waals surface area (Å²) < 4.78 is 0. The number of amides is 1. The van der Waals surface area contributed by atoms with Gasteiger partial charge in [0.25, 0.3) is 0 Å². The van der Waals surface area contributed by atoms with Crippen LogP contribution >= 0.6 is 12.4 Å². The van der Waals surface area contributed by atoms with Crippen molar-refractivity contribution in [2.75, 3.05) is 32.0 Å². The highest BCUT2D eigenvalue weighted by Gasteiger charge is 2.26. The number of likely N-dealkylation sites (tertiary alicyclic amines) is 1. The molecule has 1 amide bonds. The van der Waals surface area contributed by atoms with Crippen LogP contribution in [-0.2, 0) is 4.79 Å². The number of hydrogen-bond donors (Lipinski definition) is 2. The van der Waals surface area contributed by atoms with Gasteiger partial charge in [0.05, 0.1) is 6.04 Å². The van der Waals surface area contributed by atoms with Crippen molar-refractivity contribution < 1.29 is 4.79 Å². The Morgan fingerprint density at radius 3 is 2.44 bits per heavy atom. The first-order chi connectivity index (χ1) is 11.5. The molecule has 0 aliphatic carbocycles. The molecule has 0 saturated carbocycles. The fraction of sp³-hybridized carbons (Fsp3) is 0.650. The second-order valence-electron chi connectivity index (χ2n) is 7.28. The largest absolute Gasteiger partial charge is 0.324 e. The van der Waals surface area contributed by atoms with Gasteiger partial charge in [0, 0.05) is 5.69 Å². The normalized spacial score (nSPS) is 17.2. The lowest BCUT2D eigenvalue weighted by molar-refractivity contribution is -0.121. The van der Waals surface area contributed by atoms with Crippen LogP contribution in [0.25, 0.3) is 0 Å². The minimum absolute atomic E-state index is 0. The maximum absolute atomic E-state index is 12.7. The number of piperidine rings is 1. The molecule has 1 atom stereocenters. The summed E-state index contributed by atoms with van der Waals surface area (Å²) in [7, 11) is 2.01. The number of carbonyl (C=O) groups excluding carboxylic acids is 1. The van der Waals surface area contributed by atoms with Crippen molar-refractivity contribution in [1.82, 2.24) is 10.2 Å². The Kier molecular flexibility index (Phi) is 9.47. The first kappa shape index (κ1) is 21.9. The molecule has 142 valence electrons. The van der Waals surface area contributed by atoms with E-state index in [2.05, 4.69) is 35.4 Å². The summed E-state index contributed by atoms with van der Waals surface area (Å²) in [6.07, 6.45) is 3.64. The van der Waals surface area contributed by atoms with Crippen molar-refractivity contribution in [3.05, 3.63) is 29.8 Å². The minimum Gasteiger partial charge on any atom is -0.324 e. The maximum Gasteiger partial charge on any atom is 0.241 e. The van der Waals surface area contributed by atoms with Gasteiger partial charge in [-0.1, -0.05) is 32.0 Å². The number of para-hydroxylation sites is 1. The third-order valence-electron chi connectivity index (χ3n) is 5.22.